The Labute approximate surface area is 533 Å². The summed E-state index contributed by atoms with van der Waals surface area (Å²) in [7, 11) is 0. The van der Waals surface area contributed by atoms with Gasteiger partial charge in [-0.25, -0.2) is 0 Å². The van der Waals surface area contributed by atoms with E-state index in [2.05, 4.69) is 31.3 Å². The first-order valence-electron chi connectivity index (χ1n) is 39.4. The van der Waals surface area contributed by atoms with Crippen LogP contribution in [0.1, 0.15) is 457 Å². The van der Waals surface area contributed by atoms with Crippen molar-refractivity contribution < 1.29 is 24.5 Å². The summed E-state index contributed by atoms with van der Waals surface area (Å²) in [6.45, 7) is 5.01. The van der Waals surface area contributed by atoms with E-state index in [1.165, 1.54) is 385 Å². The van der Waals surface area contributed by atoms with Crippen LogP contribution in [0.15, 0.2) is 12.2 Å². The zero-order chi connectivity index (χ0) is 61.3. The number of hydrogen-bond donors (Lipinski definition) is 3. The number of hydrogen-bond acceptors (Lipinski definition) is 5. The van der Waals surface area contributed by atoms with Gasteiger partial charge in [-0.2, -0.15) is 0 Å². The van der Waals surface area contributed by atoms with Crippen molar-refractivity contribution in [2.45, 2.75) is 469 Å². The van der Waals surface area contributed by atoms with Gasteiger partial charge >= 0.3 is 5.97 Å². The van der Waals surface area contributed by atoms with Gasteiger partial charge in [-0.1, -0.05) is 405 Å². The normalized spacial score (nSPS) is 12.5. The lowest BCUT2D eigenvalue weighted by Gasteiger charge is -2.22. The molecule has 6 nitrogen and oxygen atoms in total. The molecule has 0 aromatic rings. The highest BCUT2D eigenvalue weighted by atomic mass is 16.5. The van der Waals surface area contributed by atoms with Crippen LogP contribution in [-0.2, 0) is 14.3 Å². The lowest BCUT2D eigenvalue weighted by Crippen LogP contribution is -2.45. The van der Waals surface area contributed by atoms with Crippen molar-refractivity contribution in [1.82, 2.24) is 5.32 Å². The fraction of sp³-hybridized carbons (Fsp3) is 0.949. The van der Waals surface area contributed by atoms with Crippen LogP contribution in [0.3, 0.4) is 0 Å². The molecule has 1 amide bonds. The third kappa shape index (κ3) is 71.6. The molecule has 0 heterocycles. The molecule has 2 unspecified atom stereocenters. The van der Waals surface area contributed by atoms with Crippen LogP contribution >= 0.6 is 0 Å². The number of carbonyl (C=O) groups excluding carboxylic acids is 2. The number of rotatable bonds is 75. The number of nitrogens with one attached hydrogen (secondary N) is 1. The SMILES string of the molecule is CCCCCCCCCCCCCCCCCCCCCCCCC(O)C(CO)NC(=O)CCCCCCCCCCCCC/C=C\CCCCCCCCCCCCCCOC(=O)CCCCCCCCCCCCCCCCCCCCC. The van der Waals surface area contributed by atoms with Gasteiger partial charge in [-0.05, 0) is 51.4 Å². The maximum Gasteiger partial charge on any atom is 0.305 e. The number of aliphatic hydroxyl groups is 2. The third-order valence-electron chi connectivity index (χ3n) is 18.8. The maximum absolute atomic E-state index is 12.6. The highest BCUT2D eigenvalue weighted by Gasteiger charge is 2.20. The molecule has 0 aromatic carbocycles. The monoisotopic (exact) mass is 1200 g/mol. The summed E-state index contributed by atoms with van der Waals surface area (Å²) in [5.74, 6) is -0.00869. The summed E-state index contributed by atoms with van der Waals surface area (Å²) in [4.78, 5) is 24.7. The highest BCUT2D eigenvalue weighted by molar-refractivity contribution is 5.76. The van der Waals surface area contributed by atoms with Gasteiger partial charge in [0.25, 0.3) is 0 Å². The van der Waals surface area contributed by atoms with Crippen molar-refractivity contribution >= 4 is 11.9 Å². The van der Waals surface area contributed by atoms with Crippen LogP contribution < -0.4 is 5.32 Å². The quantitative estimate of drug-likeness (QED) is 0.0320. The minimum absolute atomic E-state index is 0.0214. The molecular formula is C79H155NO5. The number of allylic oxidation sites excluding steroid dienone is 2. The molecule has 0 spiro atoms. The second kappa shape index (κ2) is 75.1. The van der Waals surface area contributed by atoms with E-state index in [0.29, 0.717) is 25.9 Å². The topological polar surface area (TPSA) is 95.9 Å². The Morgan fingerprint density at radius 3 is 0.835 bits per heavy atom. The zero-order valence-corrected chi connectivity index (χ0v) is 58.1. The summed E-state index contributed by atoms with van der Waals surface area (Å²) in [5.41, 5.74) is 0. The molecule has 0 saturated carbocycles. The summed E-state index contributed by atoms with van der Waals surface area (Å²) >= 11 is 0. The molecule has 0 fully saturated rings. The fourth-order valence-corrected chi connectivity index (χ4v) is 12.8. The Morgan fingerprint density at radius 1 is 0.318 bits per heavy atom. The summed E-state index contributed by atoms with van der Waals surface area (Å²) in [5, 5.41) is 23.5. The average Bonchev–Trinajstić information content (AvgIpc) is 3.51. The molecule has 0 saturated heterocycles. The van der Waals surface area contributed by atoms with Crippen molar-refractivity contribution in [1.29, 1.82) is 0 Å². The molecule has 506 valence electrons. The molecule has 0 aliphatic rings. The Balaban J connectivity index is 3.36. The molecule has 0 radical (unpaired) electrons. The van der Waals surface area contributed by atoms with Gasteiger partial charge < -0.3 is 20.3 Å². The van der Waals surface area contributed by atoms with E-state index >= 15 is 0 Å². The second-order valence-corrected chi connectivity index (χ2v) is 27.4. The predicted octanol–water partition coefficient (Wildman–Crippen LogP) is 25.9. The maximum atomic E-state index is 12.6. The van der Waals surface area contributed by atoms with Crippen LogP contribution in [0.25, 0.3) is 0 Å². The molecule has 0 aliphatic carbocycles. The van der Waals surface area contributed by atoms with Crippen LogP contribution in [0.2, 0.25) is 0 Å². The Bertz CT molecular complexity index is 1290. The number of esters is 1. The van der Waals surface area contributed by atoms with E-state index < -0.39 is 12.1 Å². The van der Waals surface area contributed by atoms with E-state index in [1.807, 2.05) is 0 Å². The second-order valence-electron chi connectivity index (χ2n) is 27.4. The lowest BCUT2D eigenvalue weighted by molar-refractivity contribution is -0.143. The van der Waals surface area contributed by atoms with Crippen molar-refractivity contribution in [3.8, 4) is 0 Å². The number of unbranched alkanes of at least 4 members (excludes halogenated alkanes) is 62. The van der Waals surface area contributed by atoms with Gasteiger partial charge in [0.2, 0.25) is 5.91 Å². The van der Waals surface area contributed by atoms with E-state index in [0.717, 1.165) is 38.5 Å². The lowest BCUT2D eigenvalue weighted by atomic mass is 10.0. The smallest absolute Gasteiger partial charge is 0.305 e. The Hall–Kier alpha value is -1.40. The molecule has 0 aromatic heterocycles. The van der Waals surface area contributed by atoms with E-state index in [4.69, 9.17) is 4.74 Å². The molecule has 0 aliphatic heterocycles. The summed E-state index contributed by atoms with van der Waals surface area (Å²) in [6, 6.07) is -0.543. The van der Waals surface area contributed by atoms with Crippen molar-refractivity contribution in [2.24, 2.45) is 0 Å². The first-order chi connectivity index (χ1) is 42.0. The van der Waals surface area contributed by atoms with Crippen molar-refractivity contribution in [3.63, 3.8) is 0 Å². The third-order valence-corrected chi connectivity index (χ3v) is 18.8. The largest absolute Gasteiger partial charge is 0.466 e. The van der Waals surface area contributed by atoms with Crippen LogP contribution in [-0.4, -0.2) is 47.4 Å². The molecule has 3 N–H and O–H groups in total. The standard InChI is InChI=1S/C79H155NO5/c1-3-5-7-9-11-13-15-17-19-21-23-24-32-36-39-43-47-51-55-59-63-67-71-77(82)76(75-81)80-78(83)72-68-64-60-56-52-48-44-40-37-33-30-28-26-25-27-29-31-34-38-42-46-50-54-58-62-66-70-74-85-79(84)73-69-65-61-57-53-49-45-41-35-22-20-18-16-14-12-10-8-6-4-2/h25-26,76-77,81-82H,3-24,27-75H2,1-2H3,(H,80,83)/b26-25-. The number of aliphatic hydroxyl groups excluding tert-OH is 2. The predicted molar refractivity (Wildman–Crippen MR) is 375 cm³/mol. The van der Waals surface area contributed by atoms with Crippen LogP contribution in [0.5, 0.6) is 0 Å². The van der Waals surface area contributed by atoms with E-state index in [1.54, 1.807) is 0 Å². The van der Waals surface area contributed by atoms with Crippen LogP contribution in [0.4, 0.5) is 0 Å². The molecule has 0 rings (SSSR count). The number of carbonyl (C=O) groups is 2. The van der Waals surface area contributed by atoms with Crippen molar-refractivity contribution in [3.05, 3.63) is 12.2 Å². The molecule has 85 heavy (non-hydrogen) atoms. The molecular weight excluding hydrogens is 1040 g/mol. The van der Waals surface area contributed by atoms with E-state index in [9.17, 15) is 19.8 Å². The zero-order valence-electron chi connectivity index (χ0n) is 58.1. The molecule has 6 heteroatoms. The Kier molecular flexibility index (Phi) is 73.8. The van der Waals surface area contributed by atoms with Gasteiger partial charge in [-0.3, -0.25) is 9.59 Å². The van der Waals surface area contributed by atoms with Gasteiger partial charge in [0.05, 0.1) is 25.4 Å². The average molecular weight is 1200 g/mol. The van der Waals surface area contributed by atoms with E-state index in [-0.39, 0.29) is 18.5 Å². The Morgan fingerprint density at radius 2 is 0.553 bits per heavy atom. The van der Waals surface area contributed by atoms with Gasteiger partial charge in [0, 0.05) is 12.8 Å². The minimum atomic E-state index is -0.666. The fourth-order valence-electron chi connectivity index (χ4n) is 12.8. The van der Waals surface area contributed by atoms with Crippen LogP contribution in [0, 0.1) is 0 Å². The summed E-state index contributed by atoms with van der Waals surface area (Å²) in [6.07, 6.45) is 94.4. The van der Waals surface area contributed by atoms with Crippen molar-refractivity contribution in [2.75, 3.05) is 13.2 Å². The van der Waals surface area contributed by atoms with Gasteiger partial charge in [0.15, 0.2) is 0 Å². The van der Waals surface area contributed by atoms with Gasteiger partial charge in [0.1, 0.15) is 0 Å². The molecule has 0 bridgehead atoms. The first-order valence-corrected chi connectivity index (χ1v) is 39.4. The molecule has 2 atom stereocenters. The first kappa shape index (κ1) is 83.6. The highest BCUT2D eigenvalue weighted by Crippen LogP contribution is 2.20. The number of amides is 1. The summed E-state index contributed by atoms with van der Waals surface area (Å²) < 4.78 is 5.52. The number of ether oxygens (including phenoxy) is 1. The minimum Gasteiger partial charge on any atom is -0.466 e. The van der Waals surface area contributed by atoms with Gasteiger partial charge in [-0.15, -0.1) is 0 Å².